The number of ether oxygens (including phenoxy) is 2. The van der Waals surface area contributed by atoms with E-state index < -0.39 is 12.2 Å². The maximum absolute atomic E-state index is 12.5. The van der Waals surface area contributed by atoms with E-state index in [-0.39, 0.29) is 37.6 Å². The van der Waals surface area contributed by atoms with Crippen molar-refractivity contribution in [2.24, 2.45) is 0 Å². The molecule has 0 aromatic heterocycles. The molecular weight excluding hydrogens is 560 g/mol. The van der Waals surface area contributed by atoms with E-state index in [1.807, 2.05) is 54.6 Å². The van der Waals surface area contributed by atoms with Crippen LogP contribution in [0.15, 0.2) is 78.9 Å². The van der Waals surface area contributed by atoms with Gasteiger partial charge in [-0.1, -0.05) is 66.7 Å². The Balaban J connectivity index is 1.23. The van der Waals surface area contributed by atoms with Crippen LogP contribution >= 0.6 is 0 Å². The van der Waals surface area contributed by atoms with E-state index in [4.69, 9.17) is 14.7 Å². The number of hydrogen-bond acceptors (Lipinski definition) is 8. The summed E-state index contributed by atoms with van der Waals surface area (Å²) in [5.41, 5.74) is 6.21. The molecule has 2 amide bonds. The first-order chi connectivity index (χ1) is 21.5. The summed E-state index contributed by atoms with van der Waals surface area (Å²) >= 11 is 0. The van der Waals surface area contributed by atoms with Crippen molar-refractivity contribution in [3.63, 3.8) is 0 Å². The van der Waals surface area contributed by atoms with Gasteiger partial charge in [-0.3, -0.25) is 24.6 Å². The summed E-state index contributed by atoms with van der Waals surface area (Å²) in [7, 11) is 0. The first-order valence-electron chi connectivity index (χ1n) is 15.3. The minimum absolute atomic E-state index is 0.0104. The predicted molar refractivity (Wildman–Crippen MR) is 165 cm³/mol. The minimum atomic E-state index is -0.624. The SMILES string of the molecule is O=C(CCCC(=O)Nc1cccc(C2OC(CN3CCN(Cc4ccccc4)CC3)CC(c3ccc(CO)cc3)O2)c1)NO. The molecule has 4 N–H and O–H groups in total. The number of aliphatic hydroxyl groups is 1. The second-order valence-electron chi connectivity index (χ2n) is 11.5. The molecule has 2 saturated heterocycles. The van der Waals surface area contributed by atoms with Gasteiger partial charge in [-0.05, 0) is 35.2 Å². The number of amides is 2. The Bertz CT molecular complexity index is 1350. The van der Waals surface area contributed by atoms with Crippen LogP contribution in [-0.4, -0.2) is 70.8 Å². The number of benzene rings is 3. The summed E-state index contributed by atoms with van der Waals surface area (Å²) in [4.78, 5) is 28.7. The third kappa shape index (κ3) is 9.18. The molecule has 234 valence electrons. The number of carbonyl (C=O) groups excluding carboxylic acids is 2. The normalized spacial score (nSPS) is 21.1. The Hall–Kier alpha value is -3.64. The fourth-order valence-electron chi connectivity index (χ4n) is 5.74. The Morgan fingerprint density at radius 1 is 0.795 bits per heavy atom. The molecule has 3 atom stereocenters. The number of hydroxylamine groups is 1. The predicted octanol–water partition coefficient (Wildman–Crippen LogP) is 4.16. The lowest BCUT2D eigenvalue weighted by molar-refractivity contribution is -0.253. The molecule has 10 nitrogen and oxygen atoms in total. The molecule has 44 heavy (non-hydrogen) atoms. The summed E-state index contributed by atoms with van der Waals surface area (Å²) in [6, 6.07) is 25.9. The zero-order chi connectivity index (χ0) is 30.7. The standard InChI is InChI=1S/C34H42N4O6/c39-24-26-12-14-27(15-13-26)31-21-30(23-38-18-16-37(17-19-38)22-25-6-2-1-3-7-25)43-34(44-31)28-8-4-9-29(20-28)35-32(40)10-5-11-33(41)36-42/h1-4,6-9,12-15,20,30-31,34,39,42H,5,10-11,16-19,21-24H2,(H,35,40)(H,36,41). The molecule has 3 aromatic rings. The van der Waals surface area contributed by atoms with E-state index in [1.165, 1.54) is 5.56 Å². The first kappa shape index (κ1) is 31.8. The molecule has 5 rings (SSSR count). The summed E-state index contributed by atoms with van der Waals surface area (Å²) in [6.07, 6.45) is 0.372. The zero-order valence-electron chi connectivity index (χ0n) is 24.9. The molecule has 2 aliphatic heterocycles. The molecule has 2 heterocycles. The highest BCUT2D eigenvalue weighted by molar-refractivity contribution is 5.91. The van der Waals surface area contributed by atoms with Crippen LogP contribution in [0.5, 0.6) is 0 Å². The van der Waals surface area contributed by atoms with E-state index >= 15 is 0 Å². The maximum Gasteiger partial charge on any atom is 0.243 e. The largest absolute Gasteiger partial charge is 0.392 e. The van der Waals surface area contributed by atoms with E-state index in [2.05, 4.69) is 39.4 Å². The van der Waals surface area contributed by atoms with Crippen molar-refractivity contribution < 1.29 is 29.4 Å². The number of aliphatic hydroxyl groups excluding tert-OH is 1. The van der Waals surface area contributed by atoms with Crippen molar-refractivity contribution >= 4 is 17.5 Å². The summed E-state index contributed by atoms with van der Waals surface area (Å²) in [6.45, 7) is 5.68. The van der Waals surface area contributed by atoms with Gasteiger partial charge in [-0.2, -0.15) is 0 Å². The van der Waals surface area contributed by atoms with Gasteiger partial charge >= 0.3 is 0 Å². The Morgan fingerprint density at radius 2 is 1.52 bits per heavy atom. The van der Waals surface area contributed by atoms with Crippen LogP contribution in [0.1, 0.15) is 60.3 Å². The number of nitrogens with one attached hydrogen (secondary N) is 2. The van der Waals surface area contributed by atoms with Gasteiger partial charge in [0.05, 0.1) is 18.8 Å². The van der Waals surface area contributed by atoms with Gasteiger partial charge in [-0.15, -0.1) is 0 Å². The average Bonchev–Trinajstić information content (AvgIpc) is 3.06. The molecule has 0 bridgehead atoms. The number of hydrogen-bond donors (Lipinski definition) is 4. The highest BCUT2D eigenvalue weighted by Gasteiger charge is 2.34. The third-order valence-corrected chi connectivity index (χ3v) is 8.17. The number of carbonyl (C=O) groups is 2. The van der Waals surface area contributed by atoms with E-state index in [1.54, 1.807) is 5.48 Å². The Labute approximate surface area is 258 Å². The van der Waals surface area contributed by atoms with Crippen LogP contribution in [0, 0.1) is 0 Å². The molecule has 3 aromatic carbocycles. The number of anilines is 1. The van der Waals surface area contributed by atoms with E-state index in [9.17, 15) is 14.7 Å². The number of nitrogens with zero attached hydrogens (tertiary/aromatic N) is 2. The van der Waals surface area contributed by atoms with Crippen LogP contribution in [-0.2, 0) is 32.2 Å². The monoisotopic (exact) mass is 602 g/mol. The third-order valence-electron chi connectivity index (χ3n) is 8.17. The smallest absolute Gasteiger partial charge is 0.243 e. The molecule has 0 radical (unpaired) electrons. The van der Waals surface area contributed by atoms with Gasteiger partial charge < -0.3 is 19.9 Å². The summed E-state index contributed by atoms with van der Waals surface area (Å²) in [5, 5.41) is 21.0. The molecule has 0 aliphatic carbocycles. The quantitative estimate of drug-likeness (QED) is 0.180. The lowest BCUT2D eigenvalue weighted by Gasteiger charge is -2.41. The van der Waals surface area contributed by atoms with E-state index in [0.29, 0.717) is 18.5 Å². The molecule has 0 spiro atoms. The van der Waals surface area contributed by atoms with Crippen molar-refractivity contribution in [1.82, 2.24) is 15.3 Å². The van der Waals surface area contributed by atoms with Crippen molar-refractivity contribution in [1.29, 1.82) is 0 Å². The van der Waals surface area contributed by atoms with Gasteiger partial charge in [0.25, 0.3) is 0 Å². The van der Waals surface area contributed by atoms with Crippen molar-refractivity contribution in [3.8, 4) is 0 Å². The highest BCUT2D eigenvalue weighted by Crippen LogP contribution is 2.38. The lowest BCUT2D eigenvalue weighted by atomic mass is 9.99. The molecule has 2 fully saturated rings. The van der Waals surface area contributed by atoms with Crippen LogP contribution in [0.25, 0.3) is 0 Å². The van der Waals surface area contributed by atoms with E-state index in [0.717, 1.165) is 56.0 Å². The fraction of sp³-hybridized carbons (Fsp3) is 0.412. The topological polar surface area (TPSA) is 124 Å². The van der Waals surface area contributed by atoms with Crippen LogP contribution in [0.4, 0.5) is 5.69 Å². The second-order valence-corrected chi connectivity index (χ2v) is 11.5. The minimum Gasteiger partial charge on any atom is -0.392 e. The summed E-state index contributed by atoms with van der Waals surface area (Å²) < 4.78 is 13.1. The molecule has 10 heteroatoms. The van der Waals surface area contributed by atoms with Crippen LogP contribution in [0.2, 0.25) is 0 Å². The lowest BCUT2D eigenvalue weighted by Crippen LogP contribution is -2.49. The number of rotatable bonds is 12. The van der Waals surface area contributed by atoms with Crippen molar-refractivity contribution in [2.45, 2.75) is 57.3 Å². The van der Waals surface area contributed by atoms with Crippen LogP contribution < -0.4 is 10.8 Å². The Kier molecular flexibility index (Phi) is 11.5. The average molecular weight is 603 g/mol. The first-order valence-corrected chi connectivity index (χ1v) is 15.3. The van der Waals surface area contributed by atoms with Gasteiger partial charge in [0.15, 0.2) is 6.29 Å². The zero-order valence-corrected chi connectivity index (χ0v) is 24.9. The van der Waals surface area contributed by atoms with Crippen molar-refractivity contribution in [2.75, 3.05) is 38.0 Å². The highest BCUT2D eigenvalue weighted by atomic mass is 16.7. The van der Waals surface area contributed by atoms with Gasteiger partial charge in [-0.25, -0.2) is 5.48 Å². The number of piperazine rings is 1. The van der Waals surface area contributed by atoms with Crippen molar-refractivity contribution in [3.05, 3.63) is 101 Å². The Morgan fingerprint density at radius 3 is 2.25 bits per heavy atom. The molecular formula is C34H42N4O6. The second kappa shape index (κ2) is 15.9. The van der Waals surface area contributed by atoms with Gasteiger partial charge in [0, 0.05) is 69.8 Å². The molecule has 3 unspecified atom stereocenters. The molecule has 0 saturated carbocycles. The summed E-state index contributed by atoms with van der Waals surface area (Å²) in [5.74, 6) is -0.736. The molecule has 2 aliphatic rings. The maximum atomic E-state index is 12.5. The van der Waals surface area contributed by atoms with Gasteiger partial charge in [0.1, 0.15) is 0 Å². The fourth-order valence-corrected chi connectivity index (χ4v) is 5.74. The van der Waals surface area contributed by atoms with Gasteiger partial charge in [0.2, 0.25) is 11.8 Å². The van der Waals surface area contributed by atoms with Crippen LogP contribution in [0.3, 0.4) is 0 Å².